The van der Waals surface area contributed by atoms with Crippen molar-refractivity contribution in [3.05, 3.63) is 60.8 Å². The van der Waals surface area contributed by atoms with Crippen molar-refractivity contribution < 1.29 is 9.72 Å². The topological polar surface area (TPSA) is 85.1 Å². The molecule has 0 saturated heterocycles. The molecule has 1 heterocycles. The standard InChI is InChI=1S/C12H6BrCl2N3O3/c13-8-2-1-6(3-10(8)18(20)21)17-12(19)7-4-11(15)16-5-9(7)14/h1-5H,(H,17,19). The number of rotatable bonds is 3. The number of nitro benzene ring substituents is 1. The fraction of sp³-hybridized carbons (Fsp3) is 0. The van der Waals surface area contributed by atoms with Gasteiger partial charge in [-0.1, -0.05) is 23.2 Å². The van der Waals surface area contributed by atoms with Crippen LogP contribution in [-0.2, 0) is 0 Å². The number of pyridine rings is 1. The van der Waals surface area contributed by atoms with Crippen molar-refractivity contribution >= 4 is 56.4 Å². The summed E-state index contributed by atoms with van der Waals surface area (Å²) in [6.45, 7) is 0. The number of carbonyl (C=O) groups is 1. The number of carbonyl (C=O) groups excluding carboxylic acids is 1. The molecule has 6 nitrogen and oxygen atoms in total. The van der Waals surface area contributed by atoms with Gasteiger partial charge < -0.3 is 5.32 Å². The molecule has 0 fully saturated rings. The van der Waals surface area contributed by atoms with E-state index in [9.17, 15) is 14.9 Å². The van der Waals surface area contributed by atoms with Gasteiger partial charge in [-0.25, -0.2) is 4.98 Å². The number of benzene rings is 1. The Kier molecular flexibility index (Phi) is 4.76. The molecule has 1 aromatic heterocycles. The second kappa shape index (κ2) is 6.38. The summed E-state index contributed by atoms with van der Waals surface area (Å²) >= 11 is 14.6. The van der Waals surface area contributed by atoms with Crippen LogP contribution in [0.4, 0.5) is 11.4 Å². The number of nitrogens with one attached hydrogen (secondary N) is 1. The largest absolute Gasteiger partial charge is 0.322 e. The molecule has 0 aliphatic carbocycles. The lowest BCUT2D eigenvalue weighted by Crippen LogP contribution is -2.13. The summed E-state index contributed by atoms with van der Waals surface area (Å²) < 4.78 is 0.315. The van der Waals surface area contributed by atoms with Crippen LogP contribution in [0.2, 0.25) is 10.2 Å². The zero-order chi connectivity index (χ0) is 15.6. The Labute approximate surface area is 137 Å². The molecule has 0 bridgehead atoms. The number of hydrogen-bond acceptors (Lipinski definition) is 4. The fourth-order valence-electron chi connectivity index (χ4n) is 1.52. The Bertz CT molecular complexity index is 740. The Morgan fingerprint density at radius 2 is 2.05 bits per heavy atom. The van der Waals surface area contributed by atoms with Crippen LogP contribution < -0.4 is 5.32 Å². The van der Waals surface area contributed by atoms with Gasteiger partial charge in [0.05, 0.1) is 20.0 Å². The quantitative estimate of drug-likeness (QED) is 0.480. The van der Waals surface area contributed by atoms with Crippen molar-refractivity contribution in [2.24, 2.45) is 0 Å². The molecule has 9 heteroatoms. The average Bonchev–Trinajstić information content (AvgIpc) is 2.43. The van der Waals surface area contributed by atoms with Crippen LogP contribution in [-0.4, -0.2) is 15.8 Å². The summed E-state index contributed by atoms with van der Waals surface area (Å²) in [4.78, 5) is 26.1. The van der Waals surface area contributed by atoms with Crippen LogP contribution in [0, 0.1) is 10.1 Å². The van der Waals surface area contributed by atoms with Crippen LogP contribution in [0.3, 0.4) is 0 Å². The summed E-state index contributed by atoms with van der Waals surface area (Å²) in [5.74, 6) is -0.541. The van der Waals surface area contributed by atoms with E-state index >= 15 is 0 Å². The second-order valence-corrected chi connectivity index (χ2v) is 5.51. The zero-order valence-electron chi connectivity index (χ0n) is 10.1. The van der Waals surface area contributed by atoms with Crippen LogP contribution in [0.25, 0.3) is 0 Å². The third kappa shape index (κ3) is 3.69. The second-order valence-electron chi connectivity index (χ2n) is 3.86. The van der Waals surface area contributed by atoms with Gasteiger partial charge in [-0.15, -0.1) is 0 Å². The highest BCUT2D eigenvalue weighted by atomic mass is 79.9. The SMILES string of the molecule is O=C(Nc1ccc(Br)c([N+](=O)[O-])c1)c1cc(Cl)ncc1Cl. The lowest BCUT2D eigenvalue weighted by molar-refractivity contribution is -0.385. The first-order chi connectivity index (χ1) is 9.88. The zero-order valence-corrected chi connectivity index (χ0v) is 13.2. The summed E-state index contributed by atoms with van der Waals surface area (Å²) in [6.07, 6.45) is 1.25. The van der Waals surface area contributed by atoms with E-state index in [1.54, 1.807) is 0 Å². The van der Waals surface area contributed by atoms with Gasteiger partial charge in [-0.05, 0) is 34.1 Å². The van der Waals surface area contributed by atoms with Gasteiger partial charge in [0.15, 0.2) is 0 Å². The molecule has 0 aliphatic heterocycles. The molecule has 0 spiro atoms. The first kappa shape index (κ1) is 15.7. The van der Waals surface area contributed by atoms with E-state index in [-0.39, 0.29) is 27.1 Å². The first-order valence-electron chi connectivity index (χ1n) is 5.45. The summed E-state index contributed by atoms with van der Waals surface area (Å²) in [6, 6.07) is 5.53. The fourth-order valence-corrected chi connectivity index (χ4v) is 2.25. The third-order valence-corrected chi connectivity index (χ3v) is 3.65. The number of halogens is 3. The summed E-state index contributed by atoms with van der Waals surface area (Å²) in [5, 5.41) is 13.6. The number of nitrogens with zero attached hydrogens (tertiary/aromatic N) is 2. The molecular formula is C12H6BrCl2N3O3. The maximum Gasteiger partial charge on any atom is 0.285 e. The number of amides is 1. The minimum atomic E-state index is -0.560. The normalized spacial score (nSPS) is 10.2. The molecule has 1 amide bonds. The molecule has 0 aliphatic rings. The first-order valence-corrected chi connectivity index (χ1v) is 6.99. The molecule has 1 aromatic carbocycles. The molecule has 0 saturated carbocycles. The van der Waals surface area contributed by atoms with E-state index in [1.807, 2.05) is 0 Å². The highest BCUT2D eigenvalue weighted by Crippen LogP contribution is 2.28. The van der Waals surface area contributed by atoms with Crippen LogP contribution in [0.1, 0.15) is 10.4 Å². The number of aromatic nitrogens is 1. The predicted molar refractivity (Wildman–Crippen MR) is 83.0 cm³/mol. The van der Waals surface area contributed by atoms with E-state index in [2.05, 4.69) is 26.2 Å². The maximum absolute atomic E-state index is 12.1. The van der Waals surface area contributed by atoms with Crippen LogP contribution in [0.15, 0.2) is 34.9 Å². The van der Waals surface area contributed by atoms with Crippen molar-refractivity contribution in [1.82, 2.24) is 4.98 Å². The van der Waals surface area contributed by atoms with Crippen molar-refractivity contribution in [2.75, 3.05) is 5.32 Å². The van der Waals surface area contributed by atoms with E-state index in [1.165, 1.54) is 30.5 Å². The Morgan fingerprint density at radius 3 is 2.71 bits per heavy atom. The lowest BCUT2D eigenvalue weighted by Gasteiger charge is -2.07. The third-order valence-electron chi connectivity index (χ3n) is 2.47. The van der Waals surface area contributed by atoms with Gasteiger partial charge in [0.1, 0.15) is 5.15 Å². The molecule has 0 radical (unpaired) electrons. The maximum atomic E-state index is 12.1. The molecule has 1 N–H and O–H groups in total. The molecule has 0 unspecified atom stereocenters. The van der Waals surface area contributed by atoms with Gasteiger partial charge in [0, 0.05) is 18.0 Å². The minimum absolute atomic E-state index is 0.117. The van der Waals surface area contributed by atoms with Crippen molar-refractivity contribution in [3.63, 3.8) is 0 Å². The van der Waals surface area contributed by atoms with Crippen LogP contribution in [0.5, 0.6) is 0 Å². The summed E-state index contributed by atoms with van der Waals surface area (Å²) in [5.41, 5.74) is 0.229. The van der Waals surface area contributed by atoms with Gasteiger partial charge in [-0.2, -0.15) is 0 Å². The highest BCUT2D eigenvalue weighted by Gasteiger charge is 2.16. The van der Waals surface area contributed by atoms with Crippen molar-refractivity contribution in [2.45, 2.75) is 0 Å². The van der Waals surface area contributed by atoms with Gasteiger partial charge in [0.2, 0.25) is 0 Å². The van der Waals surface area contributed by atoms with Crippen molar-refractivity contribution in [1.29, 1.82) is 0 Å². The van der Waals surface area contributed by atoms with E-state index in [4.69, 9.17) is 23.2 Å². The van der Waals surface area contributed by atoms with E-state index < -0.39 is 10.8 Å². The lowest BCUT2D eigenvalue weighted by atomic mass is 10.2. The Morgan fingerprint density at radius 1 is 1.33 bits per heavy atom. The number of nitro groups is 1. The smallest absolute Gasteiger partial charge is 0.285 e. The van der Waals surface area contributed by atoms with Gasteiger partial charge in [-0.3, -0.25) is 14.9 Å². The average molecular weight is 391 g/mol. The van der Waals surface area contributed by atoms with Crippen molar-refractivity contribution in [3.8, 4) is 0 Å². The molecule has 108 valence electrons. The number of hydrogen-bond donors (Lipinski definition) is 1. The van der Waals surface area contributed by atoms with Gasteiger partial charge in [0.25, 0.3) is 11.6 Å². The molecule has 2 aromatic rings. The predicted octanol–water partition coefficient (Wildman–Crippen LogP) is 4.31. The van der Waals surface area contributed by atoms with E-state index in [0.717, 1.165) is 0 Å². The highest BCUT2D eigenvalue weighted by molar-refractivity contribution is 9.10. The molecule has 21 heavy (non-hydrogen) atoms. The van der Waals surface area contributed by atoms with Crippen LogP contribution >= 0.6 is 39.1 Å². The minimum Gasteiger partial charge on any atom is -0.322 e. The molecule has 2 rings (SSSR count). The van der Waals surface area contributed by atoms with E-state index in [0.29, 0.717) is 4.47 Å². The number of anilines is 1. The van der Waals surface area contributed by atoms with Gasteiger partial charge >= 0.3 is 0 Å². The Hall–Kier alpha value is -1.70. The molecular weight excluding hydrogens is 385 g/mol. The summed E-state index contributed by atoms with van der Waals surface area (Å²) in [7, 11) is 0. The molecule has 0 atom stereocenters. The monoisotopic (exact) mass is 389 g/mol. The Balaban J connectivity index is 2.29.